The fourth-order valence-corrected chi connectivity index (χ4v) is 4.11. The van der Waals surface area contributed by atoms with E-state index in [-0.39, 0.29) is 17.7 Å². The highest BCUT2D eigenvalue weighted by Crippen LogP contribution is 2.35. The molecule has 0 unspecified atom stereocenters. The van der Waals surface area contributed by atoms with Crippen LogP contribution in [0.25, 0.3) is 0 Å². The van der Waals surface area contributed by atoms with Crippen LogP contribution in [0.4, 0.5) is 11.4 Å². The smallest absolute Gasteiger partial charge is 0.228 e. The van der Waals surface area contributed by atoms with E-state index in [1.54, 1.807) is 11.8 Å². The van der Waals surface area contributed by atoms with Crippen LogP contribution in [0.15, 0.2) is 77.7 Å². The van der Waals surface area contributed by atoms with Crippen LogP contribution in [-0.4, -0.2) is 18.1 Å². The number of hydrogen-bond donors (Lipinski definition) is 3. The van der Waals surface area contributed by atoms with Crippen LogP contribution in [0.1, 0.15) is 51.3 Å². The van der Waals surface area contributed by atoms with Crippen LogP contribution in [0.5, 0.6) is 0 Å². The Bertz CT molecular complexity index is 1020. The van der Waals surface area contributed by atoms with Crippen LogP contribution in [0, 0.1) is 0 Å². The Labute approximate surface area is 208 Å². The summed E-state index contributed by atoms with van der Waals surface area (Å²) in [5, 5.41) is 2.99. The third-order valence-electron chi connectivity index (χ3n) is 5.12. The minimum atomic E-state index is -0.216. The molecule has 0 saturated heterocycles. The number of nitrogens with one attached hydrogen (secondary N) is 1. The zero-order valence-electron chi connectivity index (χ0n) is 20.8. The number of carbonyl (C=O) groups is 2. The number of amides is 2. The summed E-state index contributed by atoms with van der Waals surface area (Å²) in [6.45, 7) is 10.5. The van der Waals surface area contributed by atoms with Crippen molar-refractivity contribution in [3.63, 3.8) is 0 Å². The highest BCUT2D eigenvalue weighted by Gasteiger charge is 2.25. The summed E-state index contributed by atoms with van der Waals surface area (Å²) < 4.78 is 0. The zero-order chi connectivity index (χ0) is 25.6. The first kappa shape index (κ1) is 28.8. The van der Waals surface area contributed by atoms with Crippen molar-refractivity contribution in [1.82, 2.24) is 0 Å². The molecule has 3 aromatic carbocycles. The molecule has 0 atom stereocenters. The van der Waals surface area contributed by atoms with E-state index < -0.39 is 0 Å². The highest BCUT2D eigenvalue weighted by molar-refractivity contribution is 7.99. The van der Waals surface area contributed by atoms with Crippen molar-refractivity contribution in [2.24, 2.45) is 5.73 Å². The first-order chi connectivity index (χ1) is 16.3. The maximum atomic E-state index is 12.4. The average molecular weight is 480 g/mol. The van der Waals surface area contributed by atoms with E-state index in [1.807, 2.05) is 56.3 Å². The third-order valence-corrected chi connectivity index (χ3v) is 6.02. The van der Waals surface area contributed by atoms with Crippen LogP contribution in [0.2, 0.25) is 0 Å². The van der Waals surface area contributed by atoms with Gasteiger partial charge in [-0.15, -0.1) is 11.8 Å². The summed E-state index contributed by atoms with van der Waals surface area (Å²) in [6, 6.07) is 24.2. The predicted molar refractivity (Wildman–Crippen MR) is 146 cm³/mol. The second-order valence-electron chi connectivity index (χ2n) is 7.73. The molecule has 0 spiro atoms. The number of para-hydroxylation sites is 1. The Morgan fingerprint density at radius 1 is 0.971 bits per heavy atom. The van der Waals surface area contributed by atoms with Crippen molar-refractivity contribution in [2.45, 2.75) is 51.3 Å². The van der Waals surface area contributed by atoms with Gasteiger partial charge in [-0.2, -0.15) is 0 Å². The SMILES string of the molecule is CC.CCSc1ccc(CC(=O)Nc2ccc(C(C)(C)c3ccccc3N)cc2)cc1.NC=O. The van der Waals surface area contributed by atoms with Gasteiger partial charge in [0.2, 0.25) is 12.3 Å². The van der Waals surface area contributed by atoms with Gasteiger partial charge in [0.15, 0.2) is 0 Å². The number of nitrogens with two attached hydrogens (primary N) is 2. The Balaban J connectivity index is 0.00000107. The molecule has 34 heavy (non-hydrogen) atoms. The Morgan fingerprint density at radius 3 is 2.06 bits per heavy atom. The molecule has 0 heterocycles. The van der Waals surface area contributed by atoms with Crippen LogP contribution in [-0.2, 0) is 21.4 Å². The lowest BCUT2D eigenvalue weighted by atomic mass is 9.77. The quantitative estimate of drug-likeness (QED) is 0.219. The number of hydrogen-bond acceptors (Lipinski definition) is 4. The lowest BCUT2D eigenvalue weighted by Gasteiger charge is -2.27. The maximum absolute atomic E-state index is 12.4. The predicted octanol–water partition coefficient (Wildman–Crippen LogP) is 6.02. The van der Waals surface area contributed by atoms with Gasteiger partial charge in [-0.1, -0.05) is 77.1 Å². The molecule has 182 valence electrons. The average Bonchev–Trinajstić information content (AvgIpc) is 2.83. The fraction of sp³-hybridized carbons (Fsp3) is 0.286. The van der Waals surface area contributed by atoms with E-state index in [0.717, 1.165) is 33.8 Å². The maximum Gasteiger partial charge on any atom is 0.228 e. The summed E-state index contributed by atoms with van der Waals surface area (Å²) in [5.41, 5.74) is 15.0. The molecule has 0 saturated carbocycles. The van der Waals surface area contributed by atoms with Gasteiger partial charge in [-0.05, 0) is 52.8 Å². The van der Waals surface area contributed by atoms with Crippen molar-refractivity contribution >= 4 is 35.5 Å². The first-order valence-electron chi connectivity index (χ1n) is 11.4. The summed E-state index contributed by atoms with van der Waals surface area (Å²) in [4.78, 5) is 22.2. The van der Waals surface area contributed by atoms with Gasteiger partial charge in [0.25, 0.3) is 0 Å². The number of primary amides is 1. The second-order valence-corrected chi connectivity index (χ2v) is 9.07. The minimum Gasteiger partial charge on any atom is -0.398 e. The topological polar surface area (TPSA) is 98.2 Å². The zero-order valence-corrected chi connectivity index (χ0v) is 21.6. The molecule has 0 aliphatic carbocycles. The molecular formula is C28H37N3O2S. The molecule has 0 aliphatic heterocycles. The van der Waals surface area contributed by atoms with E-state index in [4.69, 9.17) is 10.5 Å². The summed E-state index contributed by atoms with van der Waals surface area (Å²) in [5.74, 6) is 1.03. The molecule has 6 heteroatoms. The van der Waals surface area contributed by atoms with Gasteiger partial charge >= 0.3 is 0 Å². The van der Waals surface area contributed by atoms with E-state index >= 15 is 0 Å². The van der Waals surface area contributed by atoms with E-state index in [1.165, 1.54) is 4.90 Å². The van der Waals surface area contributed by atoms with Crippen molar-refractivity contribution in [3.8, 4) is 0 Å². The number of benzene rings is 3. The lowest BCUT2D eigenvalue weighted by Crippen LogP contribution is -2.21. The first-order valence-corrected chi connectivity index (χ1v) is 12.4. The summed E-state index contributed by atoms with van der Waals surface area (Å²) in [6.07, 6.45) is 0.616. The Morgan fingerprint density at radius 2 is 1.53 bits per heavy atom. The molecule has 0 aromatic heterocycles. The number of rotatable bonds is 7. The molecule has 3 aromatic rings. The fourth-order valence-electron chi connectivity index (χ4n) is 3.45. The van der Waals surface area contributed by atoms with Gasteiger partial charge < -0.3 is 16.8 Å². The third kappa shape index (κ3) is 8.60. The molecule has 3 rings (SSSR count). The Kier molecular flexibility index (Phi) is 12.5. The van der Waals surface area contributed by atoms with Gasteiger partial charge in [0.05, 0.1) is 6.42 Å². The van der Waals surface area contributed by atoms with E-state index in [9.17, 15) is 4.79 Å². The monoisotopic (exact) mass is 479 g/mol. The second kappa shape index (κ2) is 14.8. The van der Waals surface area contributed by atoms with Gasteiger partial charge in [0, 0.05) is 21.7 Å². The summed E-state index contributed by atoms with van der Waals surface area (Å²) >= 11 is 1.80. The number of nitrogen functional groups attached to an aromatic ring is 1. The number of thioether (sulfide) groups is 1. The van der Waals surface area contributed by atoms with E-state index in [2.05, 4.69) is 62.2 Å². The molecule has 0 radical (unpaired) electrons. The molecule has 2 amide bonds. The lowest BCUT2D eigenvalue weighted by molar-refractivity contribution is -0.115. The van der Waals surface area contributed by atoms with Crippen LogP contribution < -0.4 is 16.8 Å². The number of anilines is 2. The van der Waals surface area contributed by atoms with Crippen molar-refractivity contribution < 1.29 is 9.59 Å². The van der Waals surface area contributed by atoms with E-state index in [0.29, 0.717) is 6.42 Å². The summed E-state index contributed by atoms with van der Waals surface area (Å²) in [7, 11) is 0. The van der Waals surface area contributed by atoms with Crippen molar-refractivity contribution in [3.05, 3.63) is 89.5 Å². The van der Waals surface area contributed by atoms with Crippen molar-refractivity contribution in [2.75, 3.05) is 16.8 Å². The number of carbonyl (C=O) groups excluding carboxylic acids is 2. The molecule has 0 bridgehead atoms. The standard InChI is InChI=1S/C25H28N2OS.C2H6.CH3NO/c1-4-29-21-15-9-18(10-16-21)17-24(28)27-20-13-11-19(12-14-20)25(2,3)22-7-5-6-8-23(22)26;1-2;2-1-3/h5-16H,4,17,26H2,1-3H3,(H,27,28);1-2H3;1H,(H2,2,3). The molecule has 0 fully saturated rings. The molecule has 5 nitrogen and oxygen atoms in total. The van der Waals surface area contributed by atoms with Gasteiger partial charge in [-0.3, -0.25) is 9.59 Å². The molecule has 5 N–H and O–H groups in total. The van der Waals surface area contributed by atoms with Gasteiger partial charge in [0.1, 0.15) is 0 Å². The molecular weight excluding hydrogens is 442 g/mol. The minimum absolute atomic E-state index is 0.0137. The van der Waals surface area contributed by atoms with Crippen LogP contribution in [0.3, 0.4) is 0 Å². The largest absolute Gasteiger partial charge is 0.398 e. The highest BCUT2D eigenvalue weighted by atomic mass is 32.2. The van der Waals surface area contributed by atoms with Crippen LogP contribution >= 0.6 is 11.8 Å². The van der Waals surface area contributed by atoms with Crippen molar-refractivity contribution in [1.29, 1.82) is 0 Å². The van der Waals surface area contributed by atoms with Gasteiger partial charge in [-0.25, -0.2) is 0 Å². The molecule has 0 aliphatic rings. The normalized spacial score (nSPS) is 10.1. The Hall–Kier alpha value is -3.25.